The lowest BCUT2D eigenvalue weighted by atomic mass is 10.1. The lowest BCUT2D eigenvalue weighted by molar-refractivity contribution is 0.0384. The molecule has 0 heterocycles. The van der Waals surface area contributed by atoms with Crippen molar-refractivity contribution in [1.82, 2.24) is 0 Å². The molecule has 2 aromatic carbocycles. The number of benzene rings is 2. The van der Waals surface area contributed by atoms with E-state index in [9.17, 15) is 9.59 Å². The van der Waals surface area contributed by atoms with Gasteiger partial charge in [0.2, 0.25) is 0 Å². The minimum atomic E-state index is -1.16. The summed E-state index contributed by atoms with van der Waals surface area (Å²) in [7, 11) is 0. The Morgan fingerprint density at radius 3 is 2.18 bits per heavy atom. The van der Waals surface area contributed by atoms with Crippen molar-refractivity contribution in [2.24, 2.45) is 0 Å². The Labute approximate surface area is 128 Å². The number of carboxylic acids is 1. The summed E-state index contributed by atoms with van der Waals surface area (Å²) in [5.74, 6) is -1.82. The van der Waals surface area contributed by atoms with Crippen molar-refractivity contribution in [2.45, 2.75) is 13.0 Å². The molecule has 4 nitrogen and oxygen atoms in total. The molecule has 4 heteroatoms. The van der Waals surface area contributed by atoms with Gasteiger partial charge in [-0.05, 0) is 30.7 Å². The van der Waals surface area contributed by atoms with Crippen LogP contribution in [0, 0.1) is 0 Å². The van der Waals surface area contributed by atoms with E-state index < -0.39 is 18.0 Å². The van der Waals surface area contributed by atoms with Crippen molar-refractivity contribution in [3.05, 3.63) is 83.4 Å². The predicted molar refractivity (Wildman–Crippen MR) is 82.8 cm³/mol. The molecule has 0 saturated carbocycles. The molecule has 1 N–H and O–H groups in total. The highest BCUT2D eigenvalue weighted by molar-refractivity contribution is 6.02. The van der Waals surface area contributed by atoms with E-state index in [4.69, 9.17) is 9.84 Å². The molecule has 2 aromatic rings. The van der Waals surface area contributed by atoms with Crippen LogP contribution in [0.4, 0.5) is 0 Å². The zero-order valence-corrected chi connectivity index (χ0v) is 12.1. The van der Waals surface area contributed by atoms with Crippen molar-refractivity contribution < 1.29 is 19.4 Å². The molecule has 0 bridgehead atoms. The summed E-state index contributed by atoms with van der Waals surface area (Å²) in [5, 5.41) is 9.15. The van der Waals surface area contributed by atoms with E-state index in [0.29, 0.717) is 0 Å². The lowest BCUT2D eigenvalue weighted by Gasteiger charge is -2.15. The SMILES string of the molecule is CC=CC(OC(=O)c1ccccc1C(=O)O)c1ccccc1. The average molecular weight is 296 g/mol. The topological polar surface area (TPSA) is 63.6 Å². The summed E-state index contributed by atoms with van der Waals surface area (Å²) in [6.07, 6.45) is 2.98. The van der Waals surface area contributed by atoms with Crippen molar-refractivity contribution in [1.29, 1.82) is 0 Å². The minimum Gasteiger partial charge on any atom is -0.478 e. The number of ether oxygens (including phenoxy) is 1. The molecule has 0 aliphatic rings. The highest BCUT2D eigenvalue weighted by Crippen LogP contribution is 2.21. The molecule has 0 saturated heterocycles. The molecule has 1 unspecified atom stereocenters. The van der Waals surface area contributed by atoms with E-state index >= 15 is 0 Å². The van der Waals surface area contributed by atoms with Gasteiger partial charge in [0, 0.05) is 0 Å². The van der Waals surface area contributed by atoms with Gasteiger partial charge in [0.1, 0.15) is 6.10 Å². The van der Waals surface area contributed by atoms with Gasteiger partial charge in [0.25, 0.3) is 0 Å². The van der Waals surface area contributed by atoms with E-state index in [1.165, 1.54) is 12.1 Å². The number of aromatic carboxylic acids is 1. The minimum absolute atomic E-state index is 0.0421. The van der Waals surface area contributed by atoms with Crippen LogP contribution in [-0.4, -0.2) is 17.0 Å². The molecule has 0 amide bonds. The fourth-order valence-electron chi connectivity index (χ4n) is 2.06. The normalized spacial score (nSPS) is 12.0. The first-order chi connectivity index (χ1) is 10.6. The fraction of sp³-hybridized carbons (Fsp3) is 0.111. The molecular formula is C18H16O4. The number of hydrogen-bond donors (Lipinski definition) is 1. The molecule has 0 fully saturated rings. The maximum atomic E-state index is 12.3. The summed E-state index contributed by atoms with van der Waals surface area (Å²) >= 11 is 0. The van der Waals surface area contributed by atoms with Gasteiger partial charge in [-0.1, -0.05) is 48.5 Å². The van der Waals surface area contributed by atoms with Crippen molar-refractivity contribution in [3.63, 3.8) is 0 Å². The zero-order chi connectivity index (χ0) is 15.9. The summed E-state index contributed by atoms with van der Waals surface area (Å²) in [4.78, 5) is 23.5. The quantitative estimate of drug-likeness (QED) is 0.672. The second-order valence-electron chi connectivity index (χ2n) is 4.61. The number of hydrogen-bond acceptors (Lipinski definition) is 3. The first-order valence-electron chi connectivity index (χ1n) is 6.84. The number of esters is 1. The van der Waals surface area contributed by atoms with Gasteiger partial charge < -0.3 is 9.84 Å². The Balaban J connectivity index is 2.28. The largest absolute Gasteiger partial charge is 0.478 e. The van der Waals surface area contributed by atoms with Crippen LogP contribution in [0.5, 0.6) is 0 Å². The third kappa shape index (κ3) is 3.61. The number of carboxylic acid groups (broad SMARTS) is 1. The zero-order valence-electron chi connectivity index (χ0n) is 12.1. The van der Waals surface area contributed by atoms with Crippen molar-refractivity contribution >= 4 is 11.9 Å². The summed E-state index contributed by atoms with van der Waals surface area (Å²) < 4.78 is 5.46. The highest BCUT2D eigenvalue weighted by atomic mass is 16.5. The molecular weight excluding hydrogens is 280 g/mol. The third-order valence-electron chi connectivity index (χ3n) is 3.11. The van der Waals surface area contributed by atoms with Crippen LogP contribution in [0.15, 0.2) is 66.7 Å². The van der Waals surface area contributed by atoms with Crippen LogP contribution >= 0.6 is 0 Å². The predicted octanol–water partition coefficient (Wildman–Crippen LogP) is 3.86. The fourth-order valence-corrected chi connectivity index (χ4v) is 2.06. The van der Waals surface area contributed by atoms with Crippen LogP contribution < -0.4 is 0 Å². The molecule has 0 aliphatic heterocycles. The standard InChI is InChI=1S/C18H16O4/c1-2-8-16(13-9-4-3-5-10-13)22-18(21)15-12-7-6-11-14(15)17(19)20/h2-12,16H,1H3,(H,19,20). The molecule has 0 aromatic heterocycles. The molecule has 2 rings (SSSR count). The summed E-state index contributed by atoms with van der Waals surface area (Å²) in [5.41, 5.74) is 0.794. The maximum Gasteiger partial charge on any atom is 0.339 e. The van der Waals surface area contributed by atoms with E-state index in [1.54, 1.807) is 24.3 Å². The molecule has 112 valence electrons. The van der Waals surface area contributed by atoms with Crippen LogP contribution in [0.1, 0.15) is 39.3 Å². The Morgan fingerprint density at radius 2 is 1.59 bits per heavy atom. The van der Waals surface area contributed by atoms with E-state index in [-0.39, 0.29) is 11.1 Å². The number of carbonyl (C=O) groups excluding carboxylic acids is 1. The van der Waals surface area contributed by atoms with Gasteiger partial charge in [0.05, 0.1) is 11.1 Å². The Morgan fingerprint density at radius 1 is 1.00 bits per heavy atom. The second kappa shape index (κ2) is 7.22. The average Bonchev–Trinajstić information content (AvgIpc) is 2.55. The van der Waals surface area contributed by atoms with E-state index in [0.717, 1.165) is 5.56 Å². The molecule has 0 radical (unpaired) electrons. The van der Waals surface area contributed by atoms with Crippen LogP contribution in [0.2, 0.25) is 0 Å². The van der Waals surface area contributed by atoms with Crippen LogP contribution in [0.3, 0.4) is 0 Å². The Bertz CT molecular complexity index is 689. The maximum absolute atomic E-state index is 12.3. The second-order valence-corrected chi connectivity index (χ2v) is 4.61. The lowest BCUT2D eigenvalue weighted by Crippen LogP contribution is -2.14. The number of rotatable bonds is 5. The van der Waals surface area contributed by atoms with E-state index in [1.807, 2.05) is 37.3 Å². The van der Waals surface area contributed by atoms with Crippen molar-refractivity contribution in [2.75, 3.05) is 0 Å². The Kier molecular flexibility index (Phi) is 5.09. The first-order valence-corrected chi connectivity index (χ1v) is 6.84. The molecule has 22 heavy (non-hydrogen) atoms. The molecule has 0 aliphatic carbocycles. The van der Waals surface area contributed by atoms with Gasteiger partial charge in [-0.25, -0.2) is 9.59 Å². The summed E-state index contributed by atoms with van der Waals surface area (Å²) in [6, 6.07) is 15.3. The number of carbonyl (C=O) groups is 2. The monoisotopic (exact) mass is 296 g/mol. The molecule has 1 atom stereocenters. The first kappa shape index (κ1) is 15.5. The van der Waals surface area contributed by atoms with E-state index in [2.05, 4.69) is 0 Å². The third-order valence-corrected chi connectivity index (χ3v) is 3.11. The Hall–Kier alpha value is -2.88. The van der Waals surface area contributed by atoms with Gasteiger partial charge in [0.15, 0.2) is 0 Å². The van der Waals surface area contributed by atoms with Gasteiger partial charge in [-0.15, -0.1) is 0 Å². The van der Waals surface area contributed by atoms with Crippen LogP contribution in [-0.2, 0) is 4.74 Å². The van der Waals surface area contributed by atoms with Crippen molar-refractivity contribution in [3.8, 4) is 0 Å². The van der Waals surface area contributed by atoms with Gasteiger partial charge in [-0.3, -0.25) is 0 Å². The van der Waals surface area contributed by atoms with Gasteiger partial charge in [-0.2, -0.15) is 0 Å². The highest BCUT2D eigenvalue weighted by Gasteiger charge is 2.20. The molecule has 0 spiro atoms. The number of allylic oxidation sites excluding steroid dienone is 1. The smallest absolute Gasteiger partial charge is 0.339 e. The summed E-state index contributed by atoms with van der Waals surface area (Å²) in [6.45, 7) is 1.83. The van der Waals surface area contributed by atoms with Gasteiger partial charge >= 0.3 is 11.9 Å². The van der Waals surface area contributed by atoms with Crippen LogP contribution in [0.25, 0.3) is 0 Å².